The van der Waals surface area contributed by atoms with Crippen LogP contribution in [0.4, 0.5) is 5.69 Å². The maximum Gasteiger partial charge on any atom is 0.238 e. The van der Waals surface area contributed by atoms with E-state index in [1.807, 2.05) is 11.8 Å². The molecule has 1 atom stereocenters. The number of carbonyl (C=O) groups is 1. The van der Waals surface area contributed by atoms with Crippen molar-refractivity contribution in [2.45, 2.75) is 25.9 Å². The van der Waals surface area contributed by atoms with E-state index in [2.05, 4.69) is 5.32 Å². The Balaban J connectivity index is 1.75. The summed E-state index contributed by atoms with van der Waals surface area (Å²) in [5.74, 6) is 0.509. The second kappa shape index (κ2) is 8.22. The lowest BCUT2D eigenvalue weighted by Crippen LogP contribution is -2.41. The van der Waals surface area contributed by atoms with E-state index in [1.165, 1.54) is 0 Å². The minimum atomic E-state index is -3.08. The van der Waals surface area contributed by atoms with Crippen LogP contribution in [0.3, 0.4) is 0 Å². The zero-order chi connectivity index (χ0) is 19.6. The van der Waals surface area contributed by atoms with Gasteiger partial charge in [0.05, 0.1) is 46.6 Å². The molecule has 27 heavy (non-hydrogen) atoms. The van der Waals surface area contributed by atoms with Gasteiger partial charge in [0.1, 0.15) is 5.76 Å². The third kappa shape index (κ3) is 5.04. The molecule has 0 saturated carbocycles. The normalized spacial score (nSPS) is 18.7. The molecule has 1 fully saturated rings. The van der Waals surface area contributed by atoms with Crippen LogP contribution in [0.15, 0.2) is 34.9 Å². The predicted octanol–water partition coefficient (Wildman–Crippen LogP) is 3.52. The summed E-state index contributed by atoms with van der Waals surface area (Å²) in [6.45, 7) is 2.16. The van der Waals surface area contributed by atoms with Gasteiger partial charge in [-0.05, 0) is 37.1 Å². The largest absolute Gasteiger partial charge is 0.468 e. The summed E-state index contributed by atoms with van der Waals surface area (Å²) in [6.07, 6.45) is 2.04. The molecule has 1 aliphatic heterocycles. The molecule has 1 aromatic carbocycles. The minimum absolute atomic E-state index is 0.00147. The average Bonchev–Trinajstić information content (AvgIpc) is 3.24. The first-order valence-electron chi connectivity index (χ1n) is 8.46. The van der Waals surface area contributed by atoms with E-state index in [0.717, 1.165) is 5.56 Å². The van der Waals surface area contributed by atoms with E-state index < -0.39 is 9.84 Å². The van der Waals surface area contributed by atoms with Crippen LogP contribution in [0.5, 0.6) is 0 Å². The van der Waals surface area contributed by atoms with Gasteiger partial charge in [0, 0.05) is 6.04 Å². The summed E-state index contributed by atoms with van der Waals surface area (Å²) in [6, 6.07) is 6.75. The molecule has 0 bridgehead atoms. The summed E-state index contributed by atoms with van der Waals surface area (Å²) in [7, 11) is -3.08. The molecule has 6 nitrogen and oxygen atoms in total. The van der Waals surface area contributed by atoms with Gasteiger partial charge in [-0.1, -0.05) is 29.3 Å². The Morgan fingerprint density at radius 1 is 1.33 bits per heavy atom. The Kier molecular flexibility index (Phi) is 6.15. The fourth-order valence-electron chi connectivity index (χ4n) is 3.11. The van der Waals surface area contributed by atoms with Crippen molar-refractivity contribution in [3.63, 3.8) is 0 Å². The quantitative estimate of drug-likeness (QED) is 0.757. The molecule has 3 rings (SSSR count). The number of anilines is 1. The van der Waals surface area contributed by atoms with Crippen molar-refractivity contribution in [2.75, 3.05) is 23.4 Å². The van der Waals surface area contributed by atoms with Crippen LogP contribution < -0.4 is 5.32 Å². The van der Waals surface area contributed by atoms with Gasteiger partial charge in [0.25, 0.3) is 0 Å². The number of halogens is 2. The van der Waals surface area contributed by atoms with E-state index in [0.29, 0.717) is 34.5 Å². The summed E-state index contributed by atoms with van der Waals surface area (Å²) in [4.78, 5) is 14.5. The Morgan fingerprint density at radius 2 is 2.11 bits per heavy atom. The van der Waals surface area contributed by atoms with Gasteiger partial charge < -0.3 is 9.73 Å². The Bertz CT molecular complexity index is 929. The van der Waals surface area contributed by atoms with Crippen LogP contribution >= 0.6 is 23.2 Å². The van der Waals surface area contributed by atoms with Crippen LogP contribution in [0.25, 0.3) is 0 Å². The lowest BCUT2D eigenvalue weighted by atomic mass is 10.2. The molecule has 0 aliphatic carbocycles. The highest BCUT2D eigenvalue weighted by Gasteiger charge is 2.33. The number of hydrogen-bond acceptors (Lipinski definition) is 5. The molecule has 146 valence electrons. The number of furan rings is 1. The molecular formula is C18H20Cl2N2O4S. The van der Waals surface area contributed by atoms with Crippen LogP contribution in [0.2, 0.25) is 10.0 Å². The van der Waals surface area contributed by atoms with Gasteiger partial charge >= 0.3 is 0 Å². The van der Waals surface area contributed by atoms with Crippen LogP contribution in [-0.2, 0) is 21.2 Å². The number of nitrogens with zero attached hydrogens (tertiary/aromatic N) is 1. The molecule has 9 heteroatoms. The molecule has 1 unspecified atom stereocenters. The summed E-state index contributed by atoms with van der Waals surface area (Å²) in [5, 5.41) is 3.48. The van der Waals surface area contributed by atoms with Gasteiger partial charge in [-0.2, -0.15) is 0 Å². The number of benzene rings is 1. The summed E-state index contributed by atoms with van der Waals surface area (Å²) >= 11 is 12.4. The van der Waals surface area contributed by atoms with Crippen molar-refractivity contribution in [1.29, 1.82) is 0 Å². The Morgan fingerprint density at radius 3 is 2.74 bits per heavy atom. The fraction of sp³-hybridized carbons (Fsp3) is 0.389. The van der Waals surface area contributed by atoms with Gasteiger partial charge in [-0.15, -0.1) is 0 Å². The number of carbonyl (C=O) groups excluding carboxylic acids is 1. The smallest absolute Gasteiger partial charge is 0.238 e. The van der Waals surface area contributed by atoms with Crippen LogP contribution in [0, 0.1) is 6.92 Å². The Hall–Kier alpha value is -1.54. The van der Waals surface area contributed by atoms with Crippen molar-refractivity contribution in [2.24, 2.45) is 0 Å². The second-order valence-corrected chi connectivity index (χ2v) is 9.66. The maximum absolute atomic E-state index is 12.6. The topological polar surface area (TPSA) is 79.6 Å². The number of sulfone groups is 1. The highest BCUT2D eigenvalue weighted by molar-refractivity contribution is 7.91. The summed E-state index contributed by atoms with van der Waals surface area (Å²) in [5.41, 5.74) is 1.16. The highest BCUT2D eigenvalue weighted by Crippen LogP contribution is 2.33. The molecule has 1 N–H and O–H groups in total. The van der Waals surface area contributed by atoms with Crippen molar-refractivity contribution in [3.8, 4) is 0 Å². The third-order valence-corrected chi connectivity index (χ3v) is 7.11. The lowest BCUT2D eigenvalue weighted by Gasteiger charge is -2.26. The maximum atomic E-state index is 12.6. The van der Waals surface area contributed by atoms with Crippen molar-refractivity contribution in [1.82, 2.24) is 4.90 Å². The average molecular weight is 431 g/mol. The molecule has 0 spiro atoms. The first kappa shape index (κ1) is 20.2. The molecule has 2 aromatic rings. The number of rotatable bonds is 6. The molecule has 1 aromatic heterocycles. The first-order chi connectivity index (χ1) is 12.7. The van der Waals surface area contributed by atoms with Crippen molar-refractivity contribution < 1.29 is 17.6 Å². The van der Waals surface area contributed by atoms with Gasteiger partial charge in [0.2, 0.25) is 5.91 Å². The zero-order valence-electron chi connectivity index (χ0n) is 14.7. The zero-order valence-corrected chi connectivity index (χ0v) is 17.1. The van der Waals surface area contributed by atoms with Crippen molar-refractivity contribution >= 4 is 44.6 Å². The van der Waals surface area contributed by atoms with E-state index in [-0.39, 0.29) is 30.0 Å². The van der Waals surface area contributed by atoms with Crippen molar-refractivity contribution in [3.05, 3.63) is 51.9 Å². The highest BCUT2D eigenvalue weighted by atomic mass is 35.5. The standard InChI is InChI=1S/C18H20Cl2N2O4S/c1-12-4-5-15(19)18(17(12)20)21-16(23)10-22(9-14-3-2-7-26-14)13-6-8-27(24,25)11-13/h2-5,7,13H,6,8-11H2,1H3,(H,21,23). The molecule has 1 aliphatic rings. The fourth-order valence-corrected chi connectivity index (χ4v) is 5.34. The SMILES string of the molecule is Cc1ccc(Cl)c(NC(=O)CN(Cc2ccco2)C2CCS(=O)(=O)C2)c1Cl. The summed E-state index contributed by atoms with van der Waals surface area (Å²) < 4.78 is 29.1. The number of nitrogens with one attached hydrogen (secondary N) is 1. The van der Waals surface area contributed by atoms with Gasteiger partial charge in [0.15, 0.2) is 9.84 Å². The lowest BCUT2D eigenvalue weighted by molar-refractivity contribution is -0.118. The third-order valence-electron chi connectivity index (χ3n) is 4.56. The van der Waals surface area contributed by atoms with E-state index in [9.17, 15) is 13.2 Å². The molecular weight excluding hydrogens is 411 g/mol. The number of aryl methyl sites for hydroxylation is 1. The van der Waals surface area contributed by atoms with E-state index in [4.69, 9.17) is 27.6 Å². The molecule has 0 radical (unpaired) electrons. The molecule has 2 heterocycles. The van der Waals surface area contributed by atoms with E-state index in [1.54, 1.807) is 30.5 Å². The molecule has 1 amide bonds. The number of amides is 1. The number of hydrogen-bond donors (Lipinski definition) is 1. The second-order valence-electron chi connectivity index (χ2n) is 6.64. The monoisotopic (exact) mass is 430 g/mol. The van der Waals surface area contributed by atoms with Crippen LogP contribution in [0.1, 0.15) is 17.7 Å². The van der Waals surface area contributed by atoms with E-state index >= 15 is 0 Å². The Labute approximate surface area is 168 Å². The van der Waals surface area contributed by atoms with Crippen LogP contribution in [-0.4, -0.2) is 43.3 Å². The van der Waals surface area contributed by atoms with Gasteiger partial charge in [-0.3, -0.25) is 9.69 Å². The predicted molar refractivity (Wildman–Crippen MR) is 106 cm³/mol. The molecule has 1 saturated heterocycles. The van der Waals surface area contributed by atoms with Gasteiger partial charge in [-0.25, -0.2) is 8.42 Å². The minimum Gasteiger partial charge on any atom is -0.468 e. The first-order valence-corrected chi connectivity index (χ1v) is 11.0.